The van der Waals surface area contributed by atoms with Crippen LogP contribution in [0.2, 0.25) is 0 Å². The average molecular weight is 283 g/mol. The molecule has 1 N–H and O–H groups in total. The van der Waals surface area contributed by atoms with Crippen LogP contribution in [-0.4, -0.2) is 11.7 Å². The molecule has 1 aliphatic heterocycles. The lowest BCUT2D eigenvalue weighted by atomic mass is 9.95. The van der Waals surface area contributed by atoms with Crippen LogP contribution in [0.15, 0.2) is 22.6 Å². The van der Waals surface area contributed by atoms with Crippen molar-refractivity contribution < 1.29 is 14.0 Å². The molecule has 3 rings (SSSR count). The van der Waals surface area contributed by atoms with Gasteiger partial charge in [-0.1, -0.05) is 0 Å². The van der Waals surface area contributed by atoms with Crippen molar-refractivity contribution in [3.8, 4) is 0 Å². The molecule has 4 heteroatoms. The molecule has 0 saturated carbocycles. The quantitative estimate of drug-likeness (QED) is 0.860. The minimum atomic E-state index is -0.0263. The van der Waals surface area contributed by atoms with E-state index < -0.39 is 0 Å². The van der Waals surface area contributed by atoms with Gasteiger partial charge in [-0.2, -0.15) is 0 Å². The van der Waals surface area contributed by atoms with Gasteiger partial charge in [0, 0.05) is 23.2 Å². The number of aryl methyl sites for hydroxylation is 3. The van der Waals surface area contributed by atoms with Crippen LogP contribution in [0.3, 0.4) is 0 Å². The van der Waals surface area contributed by atoms with E-state index in [0.717, 1.165) is 22.6 Å². The number of benzene rings is 1. The van der Waals surface area contributed by atoms with E-state index in [1.165, 1.54) is 0 Å². The van der Waals surface area contributed by atoms with Crippen molar-refractivity contribution in [1.82, 2.24) is 0 Å². The third-order valence-corrected chi connectivity index (χ3v) is 4.05. The van der Waals surface area contributed by atoms with E-state index in [4.69, 9.17) is 4.42 Å². The Morgan fingerprint density at radius 1 is 1.14 bits per heavy atom. The fourth-order valence-corrected chi connectivity index (χ4v) is 2.80. The lowest BCUT2D eigenvalue weighted by Gasteiger charge is -2.17. The second kappa shape index (κ2) is 4.88. The second-order valence-electron chi connectivity index (χ2n) is 5.46. The normalized spacial score (nSPS) is 13.8. The highest BCUT2D eigenvalue weighted by Crippen LogP contribution is 2.27. The minimum absolute atomic E-state index is 0.0263. The third kappa shape index (κ3) is 2.27. The zero-order valence-corrected chi connectivity index (χ0v) is 12.4. The molecule has 1 aliphatic rings. The summed E-state index contributed by atoms with van der Waals surface area (Å²) in [4.78, 5) is 24.1. The summed E-state index contributed by atoms with van der Waals surface area (Å²) in [7, 11) is 0. The van der Waals surface area contributed by atoms with Gasteiger partial charge in [0.05, 0.1) is 5.56 Å². The molecule has 108 valence electrons. The number of rotatable bonds is 2. The van der Waals surface area contributed by atoms with E-state index in [2.05, 4.69) is 5.32 Å². The first kappa shape index (κ1) is 13.6. The molecule has 0 saturated heterocycles. The summed E-state index contributed by atoms with van der Waals surface area (Å²) in [6.45, 7) is 5.57. The number of carbonyl (C=O) groups is 2. The van der Waals surface area contributed by atoms with Crippen molar-refractivity contribution >= 4 is 17.4 Å². The van der Waals surface area contributed by atoms with Gasteiger partial charge in [0.1, 0.15) is 11.5 Å². The third-order valence-electron chi connectivity index (χ3n) is 4.05. The van der Waals surface area contributed by atoms with E-state index in [1.807, 2.05) is 26.8 Å². The Kier molecular flexibility index (Phi) is 3.16. The summed E-state index contributed by atoms with van der Waals surface area (Å²) in [6, 6.07) is 5.43. The van der Waals surface area contributed by atoms with E-state index in [9.17, 15) is 9.59 Å². The molecule has 1 aromatic heterocycles. The maximum Gasteiger partial charge on any atom is 0.224 e. The molecule has 0 atom stereocenters. The van der Waals surface area contributed by atoms with Crippen LogP contribution in [0.5, 0.6) is 0 Å². The van der Waals surface area contributed by atoms with E-state index >= 15 is 0 Å². The fraction of sp³-hybridized carbons (Fsp3) is 0.294. The molecule has 1 amide bonds. The Hall–Kier alpha value is -2.36. The second-order valence-corrected chi connectivity index (χ2v) is 5.46. The van der Waals surface area contributed by atoms with Gasteiger partial charge in [-0.25, -0.2) is 0 Å². The molecule has 0 fully saturated rings. The predicted octanol–water partition coefficient (Wildman–Crippen LogP) is 3.32. The zero-order chi connectivity index (χ0) is 15.1. The summed E-state index contributed by atoms with van der Waals surface area (Å²) in [6.07, 6.45) is 1.14. The number of furan rings is 1. The van der Waals surface area contributed by atoms with Crippen molar-refractivity contribution in [2.45, 2.75) is 33.6 Å². The number of hydrogen-bond donors (Lipinski definition) is 1. The topological polar surface area (TPSA) is 59.3 Å². The number of anilines is 1. The summed E-state index contributed by atoms with van der Waals surface area (Å²) in [5.74, 6) is 1.43. The number of ketones is 1. The summed E-state index contributed by atoms with van der Waals surface area (Å²) in [5, 5.41) is 2.82. The van der Waals surface area contributed by atoms with Crippen molar-refractivity contribution in [3.05, 3.63) is 52.0 Å². The van der Waals surface area contributed by atoms with E-state index in [-0.39, 0.29) is 11.7 Å². The summed E-state index contributed by atoms with van der Waals surface area (Å²) in [5.41, 5.74) is 3.99. The molecule has 4 nitrogen and oxygen atoms in total. The Morgan fingerprint density at radius 3 is 2.57 bits per heavy atom. The molecule has 0 spiro atoms. The maximum absolute atomic E-state index is 12.7. The van der Waals surface area contributed by atoms with Gasteiger partial charge >= 0.3 is 0 Å². The van der Waals surface area contributed by atoms with Gasteiger partial charge < -0.3 is 9.73 Å². The molecular weight excluding hydrogens is 266 g/mol. The van der Waals surface area contributed by atoms with Crippen LogP contribution < -0.4 is 5.32 Å². The molecule has 1 aromatic carbocycles. The van der Waals surface area contributed by atoms with Gasteiger partial charge in [-0.15, -0.1) is 0 Å². The van der Waals surface area contributed by atoms with E-state index in [0.29, 0.717) is 29.7 Å². The predicted molar refractivity (Wildman–Crippen MR) is 79.7 cm³/mol. The van der Waals surface area contributed by atoms with Gasteiger partial charge in [0.15, 0.2) is 5.78 Å². The van der Waals surface area contributed by atoms with Crippen LogP contribution in [0, 0.1) is 20.8 Å². The first-order chi connectivity index (χ1) is 9.97. The van der Waals surface area contributed by atoms with Gasteiger partial charge in [0.2, 0.25) is 5.91 Å². The molecule has 0 bridgehead atoms. The maximum atomic E-state index is 12.7. The Bertz CT molecular complexity index is 756. The molecule has 2 aromatic rings. The van der Waals surface area contributed by atoms with Crippen molar-refractivity contribution in [2.24, 2.45) is 0 Å². The van der Waals surface area contributed by atoms with Gasteiger partial charge in [-0.3, -0.25) is 9.59 Å². The standard InChI is InChI=1S/C17H17NO3/c1-9-10(2)21-11(3)16(9)17(20)13-4-6-14-12(8-13)5-7-15(19)18-14/h4,6,8H,5,7H2,1-3H3,(H,18,19). The SMILES string of the molecule is Cc1oc(C)c(C(=O)c2ccc3c(c2)CCC(=O)N3)c1C. The molecule has 0 radical (unpaired) electrons. The number of fused-ring (bicyclic) bond motifs is 1. The molecule has 0 unspecified atom stereocenters. The molecule has 2 heterocycles. The Morgan fingerprint density at radius 2 is 1.90 bits per heavy atom. The molecular formula is C17H17NO3. The Labute approximate surface area is 123 Å². The van der Waals surface area contributed by atoms with Crippen molar-refractivity contribution in [3.63, 3.8) is 0 Å². The first-order valence-corrected chi connectivity index (χ1v) is 7.01. The minimum Gasteiger partial charge on any atom is -0.466 e. The molecule has 21 heavy (non-hydrogen) atoms. The summed E-state index contributed by atoms with van der Waals surface area (Å²) < 4.78 is 5.54. The van der Waals surface area contributed by atoms with Gasteiger partial charge in [0.25, 0.3) is 0 Å². The van der Waals surface area contributed by atoms with Crippen LogP contribution >= 0.6 is 0 Å². The van der Waals surface area contributed by atoms with Crippen LogP contribution in [0.25, 0.3) is 0 Å². The van der Waals surface area contributed by atoms with Crippen molar-refractivity contribution in [1.29, 1.82) is 0 Å². The van der Waals surface area contributed by atoms with Crippen LogP contribution in [0.1, 0.15) is 45.0 Å². The first-order valence-electron chi connectivity index (χ1n) is 7.01. The highest BCUT2D eigenvalue weighted by atomic mass is 16.3. The van der Waals surface area contributed by atoms with Crippen LogP contribution in [-0.2, 0) is 11.2 Å². The number of carbonyl (C=O) groups excluding carboxylic acids is 2. The highest BCUT2D eigenvalue weighted by Gasteiger charge is 2.22. The van der Waals surface area contributed by atoms with Gasteiger partial charge in [-0.05, 0) is 51.0 Å². The summed E-state index contributed by atoms with van der Waals surface area (Å²) >= 11 is 0. The van der Waals surface area contributed by atoms with E-state index in [1.54, 1.807) is 12.1 Å². The fourth-order valence-electron chi connectivity index (χ4n) is 2.80. The molecule has 0 aliphatic carbocycles. The zero-order valence-electron chi connectivity index (χ0n) is 12.4. The number of nitrogens with one attached hydrogen (secondary N) is 1. The Balaban J connectivity index is 2.01. The number of hydrogen-bond acceptors (Lipinski definition) is 3. The highest BCUT2D eigenvalue weighted by molar-refractivity contribution is 6.11. The average Bonchev–Trinajstić information content (AvgIpc) is 2.71. The number of amides is 1. The lowest BCUT2D eigenvalue weighted by molar-refractivity contribution is -0.116. The monoisotopic (exact) mass is 283 g/mol. The van der Waals surface area contributed by atoms with Crippen molar-refractivity contribution in [2.75, 3.05) is 5.32 Å². The lowest BCUT2D eigenvalue weighted by Crippen LogP contribution is -2.19. The largest absolute Gasteiger partial charge is 0.466 e. The van der Waals surface area contributed by atoms with Crippen LogP contribution in [0.4, 0.5) is 5.69 Å². The smallest absolute Gasteiger partial charge is 0.224 e.